The van der Waals surface area contributed by atoms with Crippen molar-refractivity contribution in [3.8, 4) is 17.4 Å². The first-order chi connectivity index (χ1) is 9.49. The quantitative estimate of drug-likeness (QED) is 0.835. The second kappa shape index (κ2) is 5.64. The van der Waals surface area contributed by atoms with E-state index >= 15 is 0 Å². The number of methoxy groups -OCH3 is 1. The van der Waals surface area contributed by atoms with E-state index in [9.17, 15) is 4.79 Å². The summed E-state index contributed by atoms with van der Waals surface area (Å²) in [4.78, 5) is 18.5. The zero-order chi connectivity index (χ0) is 14.7. The molecule has 0 aliphatic heterocycles. The molecule has 0 saturated carbocycles. The van der Waals surface area contributed by atoms with Gasteiger partial charge in [0.2, 0.25) is 5.88 Å². The van der Waals surface area contributed by atoms with E-state index in [0.717, 1.165) is 0 Å². The van der Waals surface area contributed by atoms with Crippen molar-refractivity contribution in [2.24, 2.45) is 0 Å². The SMILES string of the molecule is COc1ccc(N)cc1Oc1cc(=O)[nH]c(C(C)C)n1. The summed E-state index contributed by atoms with van der Waals surface area (Å²) in [5.41, 5.74) is 5.99. The molecule has 6 heteroatoms. The van der Waals surface area contributed by atoms with Crippen LogP contribution in [-0.2, 0) is 0 Å². The molecule has 0 atom stereocenters. The number of nitrogens with two attached hydrogens (primary N) is 1. The molecule has 6 nitrogen and oxygen atoms in total. The molecule has 1 aromatic heterocycles. The summed E-state index contributed by atoms with van der Waals surface area (Å²) in [6.07, 6.45) is 0. The number of aromatic nitrogens is 2. The minimum atomic E-state index is -0.262. The lowest BCUT2D eigenvalue weighted by atomic mass is 10.2. The van der Waals surface area contributed by atoms with Gasteiger partial charge in [-0.1, -0.05) is 13.8 Å². The molecule has 0 bridgehead atoms. The Morgan fingerprint density at radius 1 is 1.25 bits per heavy atom. The third-order valence-electron chi connectivity index (χ3n) is 2.69. The van der Waals surface area contributed by atoms with Crippen LogP contribution in [0.3, 0.4) is 0 Å². The molecule has 0 unspecified atom stereocenters. The lowest BCUT2D eigenvalue weighted by molar-refractivity contribution is 0.373. The van der Waals surface area contributed by atoms with E-state index in [1.807, 2.05) is 13.8 Å². The van der Waals surface area contributed by atoms with Gasteiger partial charge in [-0.25, -0.2) is 0 Å². The Kier molecular flexibility index (Phi) is 3.93. The average molecular weight is 275 g/mol. The summed E-state index contributed by atoms with van der Waals surface area (Å²) in [6.45, 7) is 3.87. The third-order valence-corrected chi connectivity index (χ3v) is 2.69. The Bertz CT molecular complexity index is 665. The average Bonchev–Trinajstić information content (AvgIpc) is 2.38. The highest BCUT2D eigenvalue weighted by Gasteiger charge is 2.10. The number of rotatable bonds is 4. The number of ether oxygens (including phenoxy) is 2. The smallest absolute Gasteiger partial charge is 0.254 e. The van der Waals surface area contributed by atoms with Gasteiger partial charge in [0.15, 0.2) is 11.5 Å². The molecule has 3 N–H and O–H groups in total. The van der Waals surface area contributed by atoms with Crippen molar-refractivity contribution in [1.82, 2.24) is 9.97 Å². The number of nitrogens with zero attached hydrogens (tertiary/aromatic N) is 1. The Hall–Kier alpha value is -2.50. The molecule has 0 radical (unpaired) electrons. The van der Waals surface area contributed by atoms with Crippen molar-refractivity contribution in [3.63, 3.8) is 0 Å². The van der Waals surface area contributed by atoms with E-state index in [2.05, 4.69) is 9.97 Å². The third kappa shape index (κ3) is 3.09. The predicted octanol–water partition coefficient (Wildman–Crippen LogP) is 2.28. The van der Waals surface area contributed by atoms with Crippen molar-refractivity contribution >= 4 is 5.69 Å². The maximum absolute atomic E-state index is 11.6. The van der Waals surface area contributed by atoms with Crippen molar-refractivity contribution in [2.45, 2.75) is 19.8 Å². The fourth-order valence-corrected chi connectivity index (χ4v) is 1.66. The number of aromatic amines is 1. The highest BCUT2D eigenvalue weighted by atomic mass is 16.5. The summed E-state index contributed by atoms with van der Waals surface area (Å²) < 4.78 is 10.8. The van der Waals surface area contributed by atoms with Gasteiger partial charge < -0.3 is 20.2 Å². The van der Waals surface area contributed by atoms with E-state index in [-0.39, 0.29) is 17.4 Å². The van der Waals surface area contributed by atoms with Crippen LogP contribution in [0.2, 0.25) is 0 Å². The molecule has 1 heterocycles. The highest BCUT2D eigenvalue weighted by molar-refractivity contribution is 5.52. The predicted molar refractivity (Wildman–Crippen MR) is 76.4 cm³/mol. The van der Waals surface area contributed by atoms with Crippen molar-refractivity contribution < 1.29 is 9.47 Å². The molecular weight excluding hydrogens is 258 g/mol. The summed E-state index contributed by atoms with van der Waals surface area (Å²) in [5, 5.41) is 0. The zero-order valence-corrected chi connectivity index (χ0v) is 11.6. The van der Waals surface area contributed by atoms with Gasteiger partial charge >= 0.3 is 0 Å². The number of benzene rings is 1. The van der Waals surface area contributed by atoms with Gasteiger partial charge in [-0.2, -0.15) is 4.98 Å². The Morgan fingerprint density at radius 3 is 2.65 bits per heavy atom. The van der Waals surface area contributed by atoms with Crippen LogP contribution in [0.1, 0.15) is 25.6 Å². The normalized spacial score (nSPS) is 10.6. The van der Waals surface area contributed by atoms with Gasteiger partial charge in [-0.15, -0.1) is 0 Å². The fraction of sp³-hybridized carbons (Fsp3) is 0.286. The monoisotopic (exact) mass is 275 g/mol. The van der Waals surface area contributed by atoms with Crippen LogP contribution in [0.5, 0.6) is 17.4 Å². The first kappa shape index (κ1) is 13.9. The van der Waals surface area contributed by atoms with Crippen LogP contribution in [0, 0.1) is 0 Å². The van der Waals surface area contributed by atoms with E-state index < -0.39 is 0 Å². The first-order valence-corrected chi connectivity index (χ1v) is 6.22. The molecular formula is C14H17N3O3. The van der Waals surface area contributed by atoms with Crippen LogP contribution < -0.4 is 20.8 Å². The molecule has 0 spiro atoms. The van der Waals surface area contributed by atoms with Crippen LogP contribution in [0.25, 0.3) is 0 Å². The van der Waals surface area contributed by atoms with Gasteiger partial charge in [-0.3, -0.25) is 4.79 Å². The molecule has 106 valence electrons. The minimum Gasteiger partial charge on any atom is -0.493 e. The van der Waals surface area contributed by atoms with Gasteiger partial charge in [-0.05, 0) is 12.1 Å². The fourth-order valence-electron chi connectivity index (χ4n) is 1.66. The lowest BCUT2D eigenvalue weighted by Gasteiger charge is -2.11. The van der Waals surface area contributed by atoms with Crippen LogP contribution in [-0.4, -0.2) is 17.1 Å². The number of anilines is 1. The molecule has 0 fully saturated rings. The summed E-state index contributed by atoms with van der Waals surface area (Å²) in [5.74, 6) is 1.80. The number of nitrogen functional groups attached to an aromatic ring is 1. The molecule has 0 saturated heterocycles. The molecule has 20 heavy (non-hydrogen) atoms. The van der Waals surface area contributed by atoms with Gasteiger partial charge in [0.1, 0.15) is 5.82 Å². The first-order valence-electron chi connectivity index (χ1n) is 6.22. The standard InChI is InChI=1S/C14H17N3O3/c1-8(2)14-16-12(18)7-13(17-14)20-11-6-9(15)4-5-10(11)19-3/h4-8H,15H2,1-3H3,(H,16,17,18). The molecule has 2 rings (SSSR count). The molecule has 2 aromatic rings. The van der Waals surface area contributed by atoms with Crippen LogP contribution in [0.15, 0.2) is 29.1 Å². The maximum Gasteiger partial charge on any atom is 0.254 e. The molecule has 0 aliphatic rings. The van der Waals surface area contributed by atoms with Crippen molar-refractivity contribution in [1.29, 1.82) is 0 Å². The number of nitrogens with one attached hydrogen (secondary N) is 1. The van der Waals surface area contributed by atoms with Crippen LogP contribution in [0.4, 0.5) is 5.69 Å². The van der Waals surface area contributed by atoms with E-state index in [0.29, 0.717) is 23.0 Å². The van der Waals surface area contributed by atoms with Gasteiger partial charge in [0.05, 0.1) is 13.2 Å². The number of hydrogen-bond donors (Lipinski definition) is 2. The molecule has 0 amide bonds. The van der Waals surface area contributed by atoms with Gasteiger partial charge in [0.25, 0.3) is 5.56 Å². The Balaban J connectivity index is 2.39. The summed E-state index contributed by atoms with van der Waals surface area (Å²) in [7, 11) is 1.53. The topological polar surface area (TPSA) is 90.2 Å². The van der Waals surface area contributed by atoms with Gasteiger partial charge in [0, 0.05) is 17.7 Å². The maximum atomic E-state index is 11.6. The minimum absolute atomic E-state index is 0.0917. The molecule has 1 aromatic carbocycles. The largest absolute Gasteiger partial charge is 0.493 e. The Morgan fingerprint density at radius 2 is 2.00 bits per heavy atom. The van der Waals surface area contributed by atoms with Crippen molar-refractivity contribution in [3.05, 3.63) is 40.4 Å². The number of H-pyrrole nitrogens is 1. The lowest BCUT2D eigenvalue weighted by Crippen LogP contribution is -2.12. The molecule has 0 aliphatic carbocycles. The second-order valence-corrected chi connectivity index (χ2v) is 4.64. The zero-order valence-electron chi connectivity index (χ0n) is 11.6. The number of hydrogen-bond acceptors (Lipinski definition) is 5. The van der Waals surface area contributed by atoms with E-state index in [4.69, 9.17) is 15.2 Å². The highest BCUT2D eigenvalue weighted by Crippen LogP contribution is 2.32. The Labute approximate surface area is 116 Å². The van der Waals surface area contributed by atoms with Crippen LogP contribution >= 0.6 is 0 Å². The van der Waals surface area contributed by atoms with E-state index in [1.54, 1.807) is 18.2 Å². The summed E-state index contributed by atoms with van der Waals surface area (Å²) in [6, 6.07) is 6.31. The van der Waals surface area contributed by atoms with E-state index in [1.165, 1.54) is 13.2 Å². The second-order valence-electron chi connectivity index (χ2n) is 4.64. The van der Waals surface area contributed by atoms with Crippen molar-refractivity contribution in [2.75, 3.05) is 12.8 Å². The summed E-state index contributed by atoms with van der Waals surface area (Å²) >= 11 is 0.